The van der Waals surface area contributed by atoms with Gasteiger partial charge in [0.05, 0.1) is 0 Å². The highest BCUT2D eigenvalue weighted by Crippen LogP contribution is 2.50. The molecule has 0 aromatic carbocycles. The van der Waals surface area contributed by atoms with Gasteiger partial charge in [-0.15, -0.1) is 0 Å². The highest BCUT2D eigenvalue weighted by Gasteiger charge is 2.19. The third-order valence-electron chi connectivity index (χ3n) is 1.54. The van der Waals surface area contributed by atoms with E-state index in [9.17, 15) is 4.89 Å². The molecule has 0 bridgehead atoms. The van der Waals surface area contributed by atoms with Crippen LogP contribution in [0.5, 0.6) is 0 Å². The fraction of sp³-hybridized carbons (Fsp3) is 1.00. The molecule has 0 aromatic rings. The Labute approximate surface area is 50.7 Å². The highest BCUT2D eigenvalue weighted by atomic mass is 31.2. The average molecular weight is 134 g/mol. The van der Waals surface area contributed by atoms with Crippen molar-refractivity contribution in [3.63, 3.8) is 0 Å². The van der Waals surface area contributed by atoms with Crippen LogP contribution in [0.4, 0.5) is 0 Å². The highest BCUT2D eigenvalue weighted by molar-refractivity contribution is 7.69. The van der Waals surface area contributed by atoms with Crippen molar-refractivity contribution < 1.29 is 4.89 Å². The van der Waals surface area contributed by atoms with Crippen LogP contribution in [0.25, 0.3) is 0 Å². The van der Waals surface area contributed by atoms with Gasteiger partial charge in [0.15, 0.2) is 0 Å². The molecule has 1 aliphatic heterocycles. The maximum Gasteiger partial charge on any atom is 0.000813 e. The zero-order chi connectivity index (χ0) is 6.04. The second kappa shape index (κ2) is 2.30. The zero-order valence-corrected chi connectivity index (χ0v) is 6.12. The fourth-order valence-electron chi connectivity index (χ4n) is 0.877. The molecular formula is C5H13NOP. The molecule has 1 fully saturated rings. The van der Waals surface area contributed by atoms with Crippen molar-refractivity contribution in [1.29, 1.82) is 0 Å². The maximum atomic E-state index is 9.45. The molecule has 0 saturated carbocycles. The van der Waals surface area contributed by atoms with Gasteiger partial charge in [-0.2, -0.15) is 0 Å². The van der Waals surface area contributed by atoms with E-state index in [1.165, 1.54) is 0 Å². The van der Waals surface area contributed by atoms with E-state index in [-0.39, 0.29) is 0 Å². The molecule has 0 atom stereocenters. The van der Waals surface area contributed by atoms with Crippen molar-refractivity contribution >= 4 is 7.49 Å². The lowest BCUT2D eigenvalue weighted by Gasteiger charge is -2.29. The first-order valence-corrected chi connectivity index (χ1v) is 5.55. The first-order valence-electron chi connectivity index (χ1n) is 2.99. The Bertz CT molecular complexity index is 76.5. The lowest BCUT2D eigenvalue weighted by atomic mass is 10.6. The maximum absolute atomic E-state index is 9.45. The summed E-state index contributed by atoms with van der Waals surface area (Å²) in [5.41, 5.74) is 0. The molecule has 1 aliphatic rings. The summed E-state index contributed by atoms with van der Waals surface area (Å²) in [6, 6.07) is 0. The summed E-state index contributed by atoms with van der Waals surface area (Å²) in [5, 5.41) is 3.21. The standard InChI is InChI=1S/C5H13NOP/c1-8(7)4-2-6-3-5-8/h6-7H,2-5H2,1H3. The summed E-state index contributed by atoms with van der Waals surface area (Å²) >= 11 is 0. The van der Waals surface area contributed by atoms with Gasteiger partial charge in [0, 0.05) is 13.1 Å². The van der Waals surface area contributed by atoms with Gasteiger partial charge in [0.2, 0.25) is 0 Å². The Morgan fingerprint density at radius 3 is 2.12 bits per heavy atom. The van der Waals surface area contributed by atoms with Crippen molar-refractivity contribution in [2.75, 3.05) is 32.1 Å². The Morgan fingerprint density at radius 2 is 1.88 bits per heavy atom. The summed E-state index contributed by atoms with van der Waals surface area (Å²) in [7, 11) is -1.40. The molecule has 0 unspecified atom stereocenters. The lowest BCUT2D eigenvalue weighted by molar-refractivity contribution is 0.578. The molecule has 1 saturated heterocycles. The first kappa shape index (κ1) is 6.47. The van der Waals surface area contributed by atoms with Crippen LogP contribution in [0.2, 0.25) is 0 Å². The van der Waals surface area contributed by atoms with Crippen molar-refractivity contribution in [2.45, 2.75) is 0 Å². The molecule has 2 nitrogen and oxygen atoms in total. The summed E-state index contributed by atoms with van der Waals surface area (Å²) in [4.78, 5) is 9.45. The van der Waals surface area contributed by atoms with Gasteiger partial charge in [0.1, 0.15) is 0 Å². The van der Waals surface area contributed by atoms with E-state index >= 15 is 0 Å². The minimum Gasteiger partial charge on any atom is -0.380 e. The summed E-state index contributed by atoms with van der Waals surface area (Å²) in [5.74, 6) is 0. The predicted molar refractivity (Wildman–Crippen MR) is 37.7 cm³/mol. The monoisotopic (exact) mass is 134 g/mol. The first-order chi connectivity index (χ1) is 3.71. The van der Waals surface area contributed by atoms with Crippen LogP contribution in [0.15, 0.2) is 0 Å². The molecule has 1 rings (SSSR count). The smallest absolute Gasteiger partial charge is 0.000813 e. The number of hydrogen-bond donors (Lipinski definition) is 2. The molecule has 1 radical (unpaired) electrons. The van der Waals surface area contributed by atoms with Crippen molar-refractivity contribution in [3.05, 3.63) is 0 Å². The molecule has 2 N–H and O–H groups in total. The Morgan fingerprint density at radius 1 is 1.38 bits per heavy atom. The van der Waals surface area contributed by atoms with Crippen LogP contribution >= 0.6 is 7.49 Å². The molecule has 0 spiro atoms. The van der Waals surface area contributed by atoms with E-state index in [0.717, 1.165) is 25.4 Å². The molecule has 0 amide bonds. The van der Waals surface area contributed by atoms with E-state index < -0.39 is 7.49 Å². The summed E-state index contributed by atoms with van der Waals surface area (Å²) < 4.78 is 0. The largest absolute Gasteiger partial charge is 0.380 e. The van der Waals surface area contributed by atoms with Crippen LogP contribution in [0.1, 0.15) is 0 Å². The van der Waals surface area contributed by atoms with Crippen molar-refractivity contribution in [2.24, 2.45) is 0 Å². The molecule has 0 aliphatic carbocycles. The van der Waals surface area contributed by atoms with Crippen LogP contribution in [-0.2, 0) is 0 Å². The Balaban J connectivity index is 2.33. The van der Waals surface area contributed by atoms with Crippen LogP contribution in [0, 0.1) is 0 Å². The normalized spacial score (nSPS) is 27.8. The molecular weight excluding hydrogens is 121 g/mol. The number of hydrogen-bond acceptors (Lipinski definition) is 2. The van der Waals surface area contributed by atoms with E-state index in [4.69, 9.17) is 0 Å². The third kappa shape index (κ3) is 1.70. The van der Waals surface area contributed by atoms with E-state index in [1.807, 2.05) is 6.66 Å². The van der Waals surface area contributed by atoms with Gasteiger partial charge >= 0.3 is 0 Å². The van der Waals surface area contributed by atoms with Gasteiger partial charge in [-0.05, 0) is 26.5 Å². The Kier molecular flexibility index (Phi) is 1.86. The molecule has 3 heteroatoms. The van der Waals surface area contributed by atoms with Gasteiger partial charge in [0.25, 0.3) is 0 Å². The third-order valence-corrected chi connectivity index (χ3v) is 3.91. The molecule has 1 heterocycles. The van der Waals surface area contributed by atoms with Crippen LogP contribution < -0.4 is 5.32 Å². The molecule has 8 heavy (non-hydrogen) atoms. The summed E-state index contributed by atoms with van der Waals surface area (Å²) in [6.07, 6.45) is 2.01. The summed E-state index contributed by atoms with van der Waals surface area (Å²) in [6.45, 7) is 4.04. The minimum absolute atomic E-state index is 1.01. The van der Waals surface area contributed by atoms with Crippen molar-refractivity contribution in [3.8, 4) is 0 Å². The molecule has 0 aromatic heterocycles. The second-order valence-corrected chi connectivity index (χ2v) is 6.11. The van der Waals surface area contributed by atoms with Gasteiger partial charge in [-0.25, -0.2) is 0 Å². The lowest BCUT2D eigenvalue weighted by Crippen LogP contribution is -2.30. The minimum atomic E-state index is -1.40. The van der Waals surface area contributed by atoms with Crippen molar-refractivity contribution in [1.82, 2.24) is 5.32 Å². The number of nitrogens with one attached hydrogen (secondary N) is 1. The van der Waals surface area contributed by atoms with Crippen LogP contribution in [-0.4, -0.2) is 37.0 Å². The quantitative estimate of drug-likeness (QED) is 0.462. The van der Waals surface area contributed by atoms with E-state index in [1.54, 1.807) is 0 Å². The fourth-order valence-corrected chi connectivity index (χ4v) is 2.38. The Hall–Kier alpha value is 0.350. The zero-order valence-electron chi connectivity index (χ0n) is 5.22. The van der Waals surface area contributed by atoms with E-state index in [2.05, 4.69) is 5.32 Å². The number of rotatable bonds is 0. The van der Waals surface area contributed by atoms with Crippen LogP contribution in [0.3, 0.4) is 0 Å². The SMILES string of the molecule is C[P]1(O)CCNCC1. The topological polar surface area (TPSA) is 32.3 Å². The average Bonchev–Trinajstić information content (AvgIpc) is 1.65. The van der Waals surface area contributed by atoms with Gasteiger partial charge in [-0.1, -0.05) is 0 Å². The van der Waals surface area contributed by atoms with Gasteiger partial charge < -0.3 is 10.2 Å². The predicted octanol–water partition coefficient (Wildman–Crippen LogP) is 0.144. The molecule has 49 valence electrons. The second-order valence-electron chi connectivity index (χ2n) is 2.54. The van der Waals surface area contributed by atoms with Gasteiger partial charge in [-0.3, -0.25) is 0 Å². The van der Waals surface area contributed by atoms with E-state index in [0.29, 0.717) is 0 Å².